The van der Waals surface area contributed by atoms with Gasteiger partial charge >= 0.3 is 6.18 Å². The number of rotatable bonds is 6. The molecule has 4 nitrogen and oxygen atoms in total. The zero-order valence-electron chi connectivity index (χ0n) is 13.9. The number of benzene rings is 2. The van der Waals surface area contributed by atoms with E-state index in [0.29, 0.717) is 24.4 Å². The second-order valence-electron chi connectivity index (χ2n) is 5.49. The molecule has 2 aromatic rings. The Morgan fingerprint density at radius 1 is 1.12 bits per heavy atom. The molecule has 1 amide bonds. The number of carbonyl (C=O) groups excluding carboxylic acids is 1. The monoisotopic (exact) mass is 352 g/mol. The van der Waals surface area contributed by atoms with Crippen molar-refractivity contribution in [3.63, 3.8) is 0 Å². The van der Waals surface area contributed by atoms with Crippen LogP contribution in [0.2, 0.25) is 0 Å². The summed E-state index contributed by atoms with van der Waals surface area (Å²) in [5.41, 5.74) is -0.382. The van der Waals surface area contributed by atoms with Crippen molar-refractivity contribution in [2.75, 3.05) is 27.2 Å². The first-order chi connectivity index (χ1) is 11.8. The van der Waals surface area contributed by atoms with Crippen molar-refractivity contribution in [3.8, 4) is 11.5 Å². The van der Waals surface area contributed by atoms with E-state index in [-0.39, 0.29) is 11.7 Å². The highest BCUT2D eigenvalue weighted by Crippen LogP contribution is 2.32. The summed E-state index contributed by atoms with van der Waals surface area (Å²) in [6.45, 7) is 1.19. The summed E-state index contributed by atoms with van der Waals surface area (Å²) < 4.78 is 43.8. The lowest BCUT2D eigenvalue weighted by atomic mass is 10.2. The zero-order chi connectivity index (χ0) is 18.4. The van der Waals surface area contributed by atoms with Crippen molar-refractivity contribution in [2.45, 2.75) is 6.18 Å². The molecule has 0 radical (unpaired) electrons. The van der Waals surface area contributed by atoms with E-state index in [1.807, 2.05) is 0 Å². The molecule has 0 aliphatic heterocycles. The van der Waals surface area contributed by atoms with Crippen LogP contribution in [0, 0.1) is 0 Å². The molecule has 7 heteroatoms. The first-order valence-corrected chi connectivity index (χ1v) is 7.66. The Bertz CT molecular complexity index is 732. The van der Waals surface area contributed by atoms with Crippen LogP contribution in [-0.4, -0.2) is 38.0 Å². The summed E-state index contributed by atoms with van der Waals surface area (Å²) in [5.74, 6) is 0.167. The lowest BCUT2D eigenvalue weighted by Crippen LogP contribution is -2.32. The van der Waals surface area contributed by atoms with Gasteiger partial charge in [0, 0.05) is 25.7 Å². The predicted molar refractivity (Wildman–Crippen MR) is 88.8 cm³/mol. The minimum absolute atomic E-state index is 0.0583. The first-order valence-electron chi connectivity index (χ1n) is 7.66. The SMILES string of the molecule is CNCCN(C)C(=O)c1cccc(Oc2cccc(C(F)(F)F)c2)c1. The Morgan fingerprint density at radius 2 is 1.76 bits per heavy atom. The Balaban J connectivity index is 2.15. The summed E-state index contributed by atoms with van der Waals surface area (Å²) in [7, 11) is 3.47. The van der Waals surface area contributed by atoms with Crippen LogP contribution in [0.4, 0.5) is 13.2 Å². The van der Waals surface area contributed by atoms with E-state index < -0.39 is 11.7 Å². The number of amides is 1. The van der Waals surface area contributed by atoms with Crippen LogP contribution in [0.15, 0.2) is 48.5 Å². The Hall–Kier alpha value is -2.54. The second kappa shape index (κ2) is 8.02. The third-order valence-corrected chi connectivity index (χ3v) is 3.52. The molecule has 2 aromatic carbocycles. The number of nitrogens with one attached hydrogen (secondary N) is 1. The molecule has 2 rings (SSSR count). The number of hydrogen-bond acceptors (Lipinski definition) is 3. The van der Waals surface area contributed by atoms with Crippen LogP contribution in [0.3, 0.4) is 0 Å². The van der Waals surface area contributed by atoms with Gasteiger partial charge in [-0.1, -0.05) is 12.1 Å². The molecule has 0 saturated heterocycles. The second-order valence-corrected chi connectivity index (χ2v) is 5.49. The number of alkyl halides is 3. The number of hydrogen-bond donors (Lipinski definition) is 1. The van der Waals surface area contributed by atoms with Crippen molar-refractivity contribution < 1.29 is 22.7 Å². The molecule has 0 fully saturated rings. The number of likely N-dealkylation sites (N-methyl/N-ethyl adjacent to an activating group) is 2. The Kier molecular flexibility index (Phi) is 6.03. The molecular formula is C18H19F3N2O2. The van der Waals surface area contributed by atoms with E-state index in [9.17, 15) is 18.0 Å². The van der Waals surface area contributed by atoms with E-state index in [4.69, 9.17) is 4.74 Å². The van der Waals surface area contributed by atoms with Crippen LogP contribution in [-0.2, 0) is 6.18 Å². The van der Waals surface area contributed by atoms with Crippen LogP contribution in [0.25, 0.3) is 0 Å². The van der Waals surface area contributed by atoms with Gasteiger partial charge in [-0.25, -0.2) is 0 Å². The van der Waals surface area contributed by atoms with Crippen molar-refractivity contribution in [1.29, 1.82) is 0 Å². The van der Waals surface area contributed by atoms with Gasteiger partial charge in [-0.2, -0.15) is 13.2 Å². The smallest absolute Gasteiger partial charge is 0.416 e. The van der Waals surface area contributed by atoms with E-state index >= 15 is 0 Å². The molecule has 25 heavy (non-hydrogen) atoms. The van der Waals surface area contributed by atoms with E-state index in [1.54, 1.807) is 37.2 Å². The van der Waals surface area contributed by atoms with Gasteiger partial charge in [0.1, 0.15) is 11.5 Å². The van der Waals surface area contributed by atoms with Gasteiger partial charge < -0.3 is 15.0 Å². The lowest BCUT2D eigenvalue weighted by molar-refractivity contribution is -0.137. The summed E-state index contributed by atoms with van der Waals surface area (Å²) in [6, 6.07) is 11.0. The van der Waals surface area contributed by atoms with Crippen LogP contribution in [0.1, 0.15) is 15.9 Å². The van der Waals surface area contributed by atoms with Gasteiger partial charge in [-0.05, 0) is 43.4 Å². The molecule has 1 N–H and O–H groups in total. The number of halogens is 3. The Labute approximate surface area is 144 Å². The fraction of sp³-hybridized carbons (Fsp3) is 0.278. The fourth-order valence-corrected chi connectivity index (χ4v) is 2.17. The highest BCUT2D eigenvalue weighted by atomic mass is 19.4. The number of nitrogens with zero attached hydrogens (tertiary/aromatic N) is 1. The van der Waals surface area contributed by atoms with Gasteiger partial charge in [0.15, 0.2) is 0 Å². The van der Waals surface area contributed by atoms with Crippen LogP contribution < -0.4 is 10.1 Å². The molecule has 134 valence electrons. The molecule has 0 aliphatic rings. The van der Waals surface area contributed by atoms with E-state index in [1.165, 1.54) is 18.2 Å². The minimum Gasteiger partial charge on any atom is -0.457 e. The summed E-state index contributed by atoms with van der Waals surface area (Å²) in [5, 5.41) is 2.96. The topological polar surface area (TPSA) is 41.6 Å². The van der Waals surface area contributed by atoms with E-state index in [0.717, 1.165) is 12.1 Å². The fourth-order valence-electron chi connectivity index (χ4n) is 2.17. The molecular weight excluding hydrogens is 333 g/mol. The van der Waals surface area contributed by atoms with Gasteiger partial charge in [-0.15, -0.1) is 0 Å². The maximum Gasteiger partial charge on any atom is 0.416 e. The molecule has 0 spiro atoms. The van der Waals surface area contributed by atoms with Crippen molar-refractivity contribution in [3.05, 3.63) is 59.7 Å². The third kappa shape index (κ3) is 5.22. The van der Waals surface area contributed by atoms with Crippen LogP contribution in [0.5, 0.6) is 11.5 Å². The highest BCUT2D eigenvalue weighted by molar-refractivity contribution is 5.94. The largest absolute Gasteiger partial charge is 0.457 e. The van der Waals surface area contributed by atoms with Gasteiger partial charge in [0.25, 0.3) is 5.91 Å². The van der Waals surface area contributed by atoms with Gasteiger partial charge in [-0.3, -0.25) is 4.79 Å². The molecule has 0 heterocycles. The van der Waals surface area contributed by atoms with Crippen molar-refractivity contribution >= 4 is 5.91 Å². The molecule has 0 atom stereocenters. The van der Waals surface area contributed by atoms with Gasteiger partial charge in [0.2, 0.25) is 0 Å². The van der Waals surface area contributed by atoms with E-state index in [2.05, 4.69) is 5.32 Å². The minimum atomic E-state index is -4.44. The average molecular weight is 352 g/mol. The number of ether oxygens (including phenoxy) is 1. The summed E-state index contributed by atoms with van der Waals surface area (Å²) in [6.07, 6.45) is -4.44. The third-order valence-electron chi connectivity index (χ3n) is 3.52. The Morgan fingerprint density at radius 3 is 2.40 bits per heavy atom. The quantitative estimate of drug-likeness (QED) is 0.860. The predicted octanol–water partition coefficient (Wildman–Crippen LogP) is 3.79. The van der Waals surface area contributed by atoms with Crippen LogP contribution >= 0.6 is 0 Å². The maximum atomic E-state index is 12.8. The van der Waals surface area contributed by atoms with Crippen molar-refractivity contribution in [2.24, 2.45) is 0 Å². The standard InChI is InChI=1S/C18H19F3N2O2/c1-22-9-10-23(2)17(24)13-5-3-7-15(11-13)25-16-8-4-6-14(12-16)18(19,20)21/h3-8,11-12,22H,9-10H2,1-2H3. The first kappa shape index (κ1) is 18.8. The molecule has 0 saturated carbocycles. The van der Waals surface area contributed by atoms with Crippen molar-refractivity contribution in [1.82, 2.24) is 10.2 Å². The molecule has 0 aliphatic carbocycles. The molecule has 0 unspecified atom stereocenters. The molecule has 0 bridgehead atoms. The zero-order valence-corrected chi connectivity index (χ0v) is 13.9. The number of carbonyl (C=O) groups is 1. The highest BCUT2D eigenvalue weighted by Gasteiger charge is 2.30. The average Bonchev–Trinajstić information content (AvgIpc) is 2.58. The lowest BCUT2D eigenvalue weighted by Gasteiger charge is -2.17. The summed E-state index contributed by atoms with van der Waals surface area (Å²) >= 11 is 0. The van der Waals surface area contributed by atoms with Gasteiger partial charge in [0.05, 0.1) is 5.56 Å². The normalized spacial score (nSPS) is 11.2. The molecule has 0 aromatic heterocycles. The summed E-state index contributed by atoms with van der Waals surface area (Å²) in [4.78, 5) is 13.9. The maximum absolute atomic E-state index is 12.8.